The number of hydrogen-bond acceptors (Lipinski definition) is 4. The van der Waals surface area contributed by atoms with E-state index in [1.54, 1.807) is 7.05 Å². The standard InChI is InChI=1S/C13H20N6O.3HI.V/c1-7-8(2)17-12-10(7)11(18-9(3)19-12)15-5-6-16-13(20)14-4;;;;/h5-6H2,1-4H3,(H2,14,16,20)(H2,15,17,18,19);3*1H;/q;;;;+3/p-3. The van der Waals surface area contributed by atoms with Gasteiger partial charge in [0.25, 0.3) is 0 Å². The fraction of sp³-hybridized carbons (Fsp3) is 0.462. The van der Waals surface area contributed by atoms with E-state index >= 15 is 0 Å². The van der Waals surface area contributed by atoms with Crippen LogP contribution in [0.3, 0.4) is 0 Å². The first-order valence-corrected chi connectivity index (χ1v) is 20.6. The van der Waals surface area contributed by atoms with Crippen LogP contribution in [0.4, 0.5) is 10.6 Å². The molecule has 0 fully saturated rings. The average molecular weight is 708 g/mol. The van der Waals surface area contributed by atoms with Gasteiger partial charge < -0.3 is 20.9 Å². The molecule has 2 heterocycles. The number of carbonyl (C=O) groups excluding carboxylic acids is 1. The summed E-state index contributed by atoms with van der Waals surface area (Å²) in [7, 11) is 1.59. The van der Waals surface area contributed by atoms with Crippen molar-refractivity contribution in [1.29, 1.82) is 0 Å². The molecule has 0 aromatic carbocycles. The third kappa shape index (κ3) is 7.37. The summed E-state index contributed by atoms with van der Waals surface area (Å²) < 4.78 is 0. The summed E-state index contributed by atoms with van der Waals surface area (Å²) in [5.41, 5.74) is 3.07. The van der Waals surface area contributed by atoms with Crippen LogP contribution in [0, 0.1) is 20.8 Å². The molecule has 134 valence electrons. The number of aromatic nitrogens is 3. The topological polar surface area (TPSA) is 94.7 Å². The Hall–Kier alpha value is 0.464. The molecule has 0 aliphatic heterocycles. The maximum absolute atomic E-state index is 11.1. The van der Waals surface area contributed by atoms with Crippen LogP contribution in [0.25, 0.3) is 11.0 Å². The van der Waals surface area contributed by atoms with Crippen LogP contribution in [0.2, 0.25) is 0 Å². The van der Waals surface area contributed by atoms with E-state index in [4.69, 9.17) is 0 Å². The number of aromatic amines is 1. The van der Waals surface area contributed by atoms with E-state index in [1.165, 1.54) is 0 Å². The van der Waals surface area contributed by atoms with Crippen LogP contribution >= 0.6 is 59.9 Å². The van der Waals surface area contributed by atoms with Crippen LogP contribution in [0.1, 0.15) is 17.1 Å². The summed E-state index contributed by atoms with van der Waals surface area (Å²) in [4.78, 5) is 22.9. The van der Waals surface area contributed by atoms with E-state index in [0.717, 1.165) is 28.1 Å². The number of aryl methyl sites for hydroxylation is 3. The van der Waals surface area contributed by atoms with Crippen molar-refractivity contribution < 1.29 is 9.72 Å². The maximum atomic E-state index is 11.1. The van der Waals surface area contributed by atoms with E-state index in [1.807, 2.05) is 20.8 Å². The Morgan fingerprint density at radius 1 is 1.17 bits per heavy atom. The van der Waals surface area contributed by atoms with Gasteiger partial charge in [-0.3, -0.25) is 0 Å². The molecule has 0 atom stereocenters. The predicted molar refractivity (Wildman–Crippen MR) is 121 cm³/mol. The Balaban J connectivity index is 0.000000648. The molecule has 0 saturated heterocycles. The Bertz CT molecular complexity index is 691. The molecule has 11 heteroatoms. The predicted octanol–water partition coefficient (Wildman–Crippen LogP) is 3.88. The summed E-state index contributed by atoms with van der Waals surface area (Å²) in [5, 5.41) is 9.48. The molecule has 2 rings (SSSR count). The van der Waals surface area contributed by atoms with Gasteiger partial charge in [-0.2, -0.15) is 0 Å². The second-order valence-electron chi connectivity index (χ2n) is 4.84. The molecule has 0 aliphatic rings. The number of fused-ring (bicyclic) bond motifs is 1. The van der Waals surface area contributed by atoms with Crippen molar-refractivity contribution >= 4 is 82.8 Å². The number of halogens is 3. The van der Waals surface area contributed by atoms with Crippen LogP contribution in [-0.2, 0) is 4.92 Å². The van der Waals surface area contributed by atoms with Gasteiger partial charge in [0.15, 0.2) is 0 Å². The average Bonchev–Trinajstić information content (AvgIpc) is 2.77. The molecule has 0 saturated carbocycles. The van der Waals surface area contributed by atoms with Gasteiger partial charge >= 0.3 is 70.9 Å². The number of anilines is 1. The van der Waals surface area contributed by atoms with Crippen molar-refractivity contribution in [1.82, 2.24) is 25.6 Å². The molecular formula is C13H20I3N6OV. The number of amides is 2. The fourth-order valence-corrected chi connectivity index (χ4v) is 2.05. The SMILES string of the molecule is CNC(=O)NCCNc1nc(C)nc2[nH]c(C)c(C)c12.[I][V]([I])[I]. The van der Waals surface area contributed by atoms with Crippen LogP contribution in [0.5, 0.6) is 0 Å². The molecular weight excluding hydrogens is 688 g/mol. The molecule has 0 radical (unpaired) electrons. The monoisotopic (exact) mass is 708 g/mol. The Morgan fingerprint density at radius 3 is 2.38 bits per heavy atom. The quantitative estimate of drug-likeness (QED) is 0.287. The minimum absolute atomic E-state index is 0.190. The summed E-state index contributed by atoms with van der Waals surface area (Å²) >= 11 is 7.39. The van der Waals surface area contributed by atoms with Gasteiger partial charge in [-0.15, -0.1) is 0 Å². The van der Waals surface area contributed by atoms with Gasteiger partial charge in [0.1, 0.15) is 17.3 Å². The van der Waals surface area contributed by atoms with Crippen molar-refractivity contribution in [2.45, 2.75) is 20.8 Å². The van der Waals surface area contributed by atoms with Gasteiger partial charge in [0.2, 0.25) is 0 Å². The third-order valence-electron chi connectivity index (χ3n) is 3.19. The fourth-order valence-electron chi connectivity index (χ4n) is 2.05. The van der Waals surface area contributed by atoms with Crippen molar-refractivity contribution in [2.75, 3.05) is 25.5 Å². The Morgan fingerprint density at radius 2 is 1.79 bits per heavy atom. The normalized spacial score (nSPS) is 10.3. The van der Waals surface area contributed by atoms with Crippen molar-refractivity contribution in [3.05, 3.63) is 17.1 Å². The first kappa shape index (κ1) is 22.5. The second-order valence-corrected chi connectivity index (χ2v) is 40.2. The third-order valence-corrected chi connectivity index (χ3v) is 3.19. The van der Waals surface area contributed by atoms with E-state index < -0.39 is 0 Å². The number of nitrogens with one attached hydrogen (secondary N) is 4. The number of hydrogen-bond donors (Lipinski definition) is 4. The van der Waals surface area contributed by atoms with Crippen molar-refractivity contribution in [3.63, 3.8) is 0 Å². The molecule has 2 aromatic rings. The van der Waals surface area contributed by atoms with Gasteiger partial charge in [0.05, 0.1) is 5.39 Å². The Kier molecular flexibility index (Phi) is 10.5. The second kappa shape index (κ2) is 11.2. The first-order valence-electron chi connectivity index (χ1n) is 7.06. The number of rotatable bonds is 4. The molecule has 7 nitrogen and oxygen atoms in total. The van der Waals surface area contributed by atoms with Gasteiger partial charge in [-0.25, -0.2) is 14.8 Å². The first-order chi connectivity index (χ1) is 11.3. The van der Waals surface area contributed by atoms with E-state index in [0.29, 0.717) is 18.9 Å². The molecule has 0 unspecified atom stereocenters. The summed E-state index contributed by atoms with van der Waals surface area (Å²) in [5.74, 6) is 1.51. The summed E-state index contributed by atoms with van der Waals surface area (Å²) in [6, 6.07) is -0.190. The van der Waals surface area contributed by atoms with E-state index in [-0.39, 0.29) is 11.0 Å². The van der Waals surface area contributed by atoms with Crippen LogP contribution in [0.15, 0.2) is 0 Å². The van der Waals surface area contributed by atoms with Gasteiger partial charge in [-0.05, 0) is 26.3 Å². The molecule has 0 spiro atoms. The van der Waals surface area contributed by atoms with Crippen LogP contribution in [-0.4, -0.2) is 41.1 Å². The van der Waals surface area contributed by atoms with Crippen molar-refractivity contribution in [3.8, 4) is 0 Å². The number of nitrogens with zero attached hydrogens (tertiary/aromatic N) is 2. The molecule has 2 aromatic heterocycles. The van der Waals surface area contributed by atoms with Gasteiger partial charge in [-0.1, -0.05) is 0 Å². The zero-order valence-electron chi connectivity index (χ0n) is 13.8. The zero-order valence-corrected chi connectivity index (χ0v) is 21.7. The van der Waals surface area contributed by atoms with Crippen LogP contribution < -0.4 is 16.0 Å². The zero-order chi connectivity index (χ0) is 18.3. The molecule has 24 heavy (non-hydrogen) atoms. The van der Waals surface area contributed by atoms with E-state index in [2.05, 4.69) is 90.8 Å². The molecule has 0 bridgehead atoms. The summed E-state index contributed by atoms with van der Waals surface area (Å²) in [6.45, 7) is 7.04. The molecule has 2 amide bonds. The summed E-state index contributed by atoms with van der Waals surface area (Å²) in [6.07, 6.45) is 0. The Labute approximate surface area is 179 Å². The number of H-pyrrole nitrogens is 1. The number of urea groups is 1. The minimum atomic E-state index is -0.278. The number of carbonyl (C=O) groups is 1. The molecule has 4 N–H and O–H groups in total. The molecule has 0 aliphatic carbocycles. The van der Waals surface area contributed by atoms with E-state index in [9.17, 15) is 4.79 Å². The van der Waals surface area contributed by atoms with Crippen molar-refractivity contribution in [2.24, 2.45) is 0 Å². The van der Waals surface area contributed by atoms with Gasteiger partial charge in [0, 0.05) is 25.8 Å².